The molecule has 0 saturated carbocycles. The normalized spacial score (nSPS) is 10.4. The Hall–Kier alpha value is -0.870. The van der Waals surface area contributed by atoms with Crippen LogP contribution in [-0.2, 0) is 16.3 Å². The first-order valence-electron chi connectivity index (χ1n) is 5.03. The molecule has 0 aliphatic carbocycles. The molecule has 0 spiro atoms. The van der Waals surface area contributed by atoms with E-state index in [-0.39, 0.29) is 0 Å². The predicted octanol–water partition coefficient (Wildman–Crippen LogP) is 1.62. The second-order valence-electron chi connectivity index (χ2n) is 2.96. The van der Waals surface area contributed by atoms with E-state index >= 15 is 0 Å². The summed E-state index contributed by atoms with van der Waals surface area (Å²) in [6.07, 6.45) is 1.91. The van der Waals surface area contributed by atoms with Gasteiger partial charge in [0.05, 0.1) is 4.90 Å². The smallest absolute Gasteiger partial charge is 0.175 e. The lowest BCUT2D eigenvalue weighted by Gasteiger charge is -2.01. The number of hydrogen-bond donors (Lipinski definition) is 1. The number of rotatable bonds is 3. The lowest BCUT2D eigenvalue weighted by molar-refractivity contribution is 0.601. The summed E-state index contributed by atoms with van der Waals surface area (Å²) in [5, 5.41) is 0. The summed E-state index contributed by atoms with van der Waals surface area (Å²) in [5.41, 5.74) is 6.33. The quantitative estimate of drug-likeness (QED) is 0.856. The molecule has 1 rings (SSSR count). The molecule has 0 unspecified atom stereocenters. The van der Waals surface area contributed by atoms with Crippen molar-refractivity contribution in [2.45, 2.75) is 25.2 Å². The predicted molar refractivity (Wildman–Crippen MR) is 63.7 cm³/mol. The van der Waals surface area contributed by atoms with Gasteiger partial charge in [-0.25, -0.2) is 8.42 Å². The molecule has 0 bridgehead atoms. The molecule has 3 nitrogen and oxygen atoms in total. The third-order valence-corrected chi connectivity index (χ3v) is 2.87. The summed E-state index contributed by atoms with van der Waals surface area (Å²) in [7, 11) is -3.08. The van der Waals surface area contributed by atoms with Gasteiger partial charge in [0.15, 0.2) is 9.84 Å². The zero-order valence-electron chi connectivity index (χ0n) is 9.53. The van der Waals surface area contributed by atoms with Gasteiger partial charge in [-0.3, -0.25) is 0 Å². The van der Waals surface area contributed by atoms with E-state index in [0.29, 0.717) is 17.9 Å². The van der Waals surface area contributed by atoms with Crippen LogP contribution in [0.25, 0.3) is 0 Å². The maximum Gasteiger partial charge on any atom is 0.175 e. The summed E-state index contributed by atoms with van der Waals surface area (Å²) in [4.78, 5) is 0.360. The lowest BCUT2D eigenvalue weighted by atomic mass is 10.2. The largest absolute Gasteiger partial charge is 0.330 e. The van der Waals surface area contributed by atoms with Crippen LogP contribution in [0, 0.1) is 0 Å². The molecule has 0 fully saturated rings. The maximum atomic E-state index is 11.2. The Kier molecular flexibility index (Phi) is 6.20. The van der Waals surface area contributed by atoms with Gasteiger partial charge in [-0.05, 0) is 30.7 Å². The van der Waals surface area contributed by atoms with Crippen molar-refractivity contribution in [2.75, 3.05) is 12.8 Å². The van der Waals surface area contributed by atoms with Crippen LogP contribution in [-0.4, -0.2) is 21.2 Å². The van der Waals surface area contributed by atoms with Gasteiger partial charge in [-0.15, -0.1) is 0 Å². The average molecular weight is 229 g/mol. The SMILES string of the molecule is CC.CS(=O)(=O)c1cccc(CCN)c1. The van der Waals surface area contributed by atoms with Gasteiger partial charge >= 0.3 is 0 Å². The van der Waals surface area contributed by atoms with E-state index in [0.717, 1.165) is 5.56 Å². The average Bonchev–Trinajstić information content (AvgIpc) is 2.21. The Morgan fingerprint density at radius 3 is 2.33 bits per heavy atom. The molecule has 2 N–H and O–H groups in total. The van der Waals surface area contributed by atoms with E-state index in [9.17, 15) is 8.42 Å². The second kappa shape index (κ2) is 6.58. The Morgan fingerprint density at radius 2 is 1.87 bits per heavy atom. The Morgan fingerprint density at radius 1 is 1.27 bits per heavy atom. The van der Waals surface area contributed by atoms with Gasteiger partial charge in [0.2, 0.25) is 0 Å². The Balaban J connectivity index is 0.000000921. The molecule has 0 amide bonds. The molecule has 1 aromatic rings. The van der Waals surface area contributed by atoms with Gasteiger partial charge in [0.1, 0.15) is 0 Å². The number of sulfone groups is 1. The molecular formula is C11H19NO2S. The summed E-state index contributed by atoms with van der Waals surface area (Å²) in [6.45, 7) is 4.53. The zero-order valence-corrected chi connectivity index (χ0v) is 10.3. The van der Waals surface area contributed by atoms with E-state index in [1.165, 1.54) is 6.26 Å². The van der Waals surface area contributed by atoms with E-state index in [2.05, 4.69) is 0 Å². The highest BCUT2D eigenvalue weighted by Gasteiger charge is 2.06. The number of nitrogens with two attached hydrogens (primary N) is 1. The van der Waals surface area contributed by atoms with Crippen LogP contribution in [0.5, 0.6) is 0 Å². The minimum absolute atomic E-state index is 0.360. The highest BCUT2D eigenvalue weighted by molar-refractivity contribution is 7.90. The Bertz CT molecular complexity index is 385. The van der Waals surface area contributed by atoms with E-state index in [4.69, 9.17) is 5.73 Å². The molecule has 0 radical (unpaired) electrons. The summed E-state index contributed by atoms with van der Waals surface area (Å²) >= 11 is 0. The first-order valence-corrected chi connectivity index (χ1v) is 6.92. The third kappa shape index (κ3) is 4.95. The fourth-order valence-electron chi connectivity index (χ4n) is 1.10. The van der Waals surface area contributed by atoms with Gasteiger partial charge in [0, 0.05) is 6.26 Å². The molecule has 0 heterocycles. The van der Waals surface area contributed by atoms with Crippen molar-refractivity contribution in [1.29, 1.82) is 0 Å². The molecular weight excluding hydrogens is 210 g/mol. The van der Waals surface area contributed by atoms with Gasteiger partial charge < -0.3 is 5.73 Å². The van der Waals surface area contributed by atoms with E-state index in [1.807, 2.05) is 19.9 Å². The van der Waals surface area contributed by atoms with Crippen molar-refractivity contribution in [3.05, 3.63) is 29.8 Å². The van der Waals surface area contributed by atoms with Crippen molar-refractivity contribution in [2.24, 2.45) is 5.73 Å². The monoisotopic (exact) mass is 229 g/mol. The molecule has 0 aliphatic heterocycles. The topological polar surface area (TPSA) is 60.2 Å². The lowest BCUT2D eigenvalue weighted by Crippen LogP contribution is -2.04. The van der Waals surface area contributed by atoms with Gasteiger partial charge in [-0.1, -0.05) is 26.0 Å². The minimum atomic E-state index is -3.08. The molecule has 1 aromatic carbocycles. The van der Waals surface area contributed by atoms with Crippen LogP contribution in [0.4, 0.5) is 0 Å². The maximum absolute atomic E-state index is 11.2. The third-order valence-electron chi connectivity index (χ3n) is 1.76. The van der Waals surface area contributed by atoms with Gasteiger partial charge in [-0.2, -0.15) is 0 Å². The van der Waals surface area contributed by atoms with Crippen molar-refractivity contribution in [3.8, 4) is 0 Å². The van der Waals surface area contributed by atoms with Crippen LogP contribution < -0.4 is 5.73 Å². The van der Waals surface area contributed by atoms with Crippen molar-refractivity contribution < 1.29 is 8.42 Å². The van der Waals surface area contributed by atoms with Crippen LogP contribution in [0.3, 0.4) is 0 Å². The Labute approximate surface area is 92.2 Å². The zero-order chi connectivity index (χ0) is 11.9. The fourth-order valence-corrected chi connectivity index (χ4v) is 1.79. The summed E-state index contributed by atoms with van der Waals surface area (Å²) < 4.78 is 22.3. The molecule has 0 saturated heterocycles. The number of hydrogen-bond acceptors (Lipinski definition) is 3. The first-order chi connectivity index (χ1) is 7.04. The van der Waals surface area contributed by atoms with Crippen molar-refractivity contribution >= 4 is 9.84 Å². The van der Waals surface area contributed by atoms with Crippen molar-refractivity contribution in [3.63, 3.8) is 0 Å². The van der Waals surface area contributed by atoms with Crippen LogP contribution in [0.1, 0.15) is 19.4 Å². The van der Waals surface area contributed by atoms with Crippen LogP contribution in [0.2, 0.25) is 0 Å². The molecule has 86 valence electrons. The first kappa shape index (κ1) is 14.1. The van der Waals surface area contributed by atoms with Gasteiger partial charge in [0.25, 0.3) is 0 Å². The summed E-state index contributed by atoms with van der Waals surface area (Å²) in [6, 6.07) is 6.88. The van der Waals surface area contributed by atoms with E-state index in [1.54, 1.807) is 18.2 Å². The molecule has 4 heteroatoms. The fraction of sp³-hybridized carbons (Fsp3) is 0.455. The van der Waals surface area contributed by atoms with Crippen molar-refractivity contribution in [1.82, 2.24) is 0 Å². The minimum Gasteiger partial charge on any atom is -0.330 e. The second-order valence-corrected chi connectivity index (χ2v) is 4.97. The summed E-state index contributed by atoms with van der Waals surface area (Å²) in [5.74, 6) is 0. The standard InChI is InChI=1S/C9H13NO2S.C2H6/c1-13(11,12)9-4-2-3-8(7-9)5-6-10;1-2/h2-4,7H,5-6,10H2,1H3;1-2H3. The van der Waals surface area contributed by atoms with Crippen LogP contribution >= 0.6 is 0 Å². The van der Waals surface area contributed by atoms with E-state index < -0.39 is 9.84 Å². The molecule has 0 atom stereocenters. The highest BCUT2D eigenvalue weighted by Crippen LogP contribution is 2.11. The molecule has 0 aliphatic rings. The number of benzene rings is 1. The molecule has 0 aromatic heterocycles. The van der Waals surface area contributed by atoms with Crippen LogP contribution in [0.15, 0.2) is 29.2 Å². The molecule has 15 heavy (non-hydrogen) atoms. The highest BCUT2D eigenvalue weighted by atomic mass is 32.2.